The summed E-state index contributed by atoms with van der Waals surface area (Å²) in [4.78, 5) is 9.21. The minimum atomic E-state index is 0.205. The molecule has 2 fully saturated rings. The van der Waals surface area contributed by atoms with Crippen LogP contribution in [0.3, 0.4) is 0 Å². The van der Waals surface area contributed by atoms with E-state index in [-0.39, 0.29) is 12.0 Å². The lowest BCUT2D eigenvalue weighted by atomic mass is 10.1. The highest BCUT2D eigenvalue weighted by Gasteiger charge is 2.41. The lowest BCUT2D eigenvalue weighted by Crippen LogP contribution is -2.50. The zero-order valence-corrected chi connectivity index (χ0v) is 14.3. The van der Waals surface area contributed by atoms with Crippen molar-refractivity contribution < 1.29 is 9.26 Å². The normalized spacial score (nSPS) is 24.5. The topological polar surface area (TPSA) is 54.6 Å². The van der Waals surface area contributed by atoms with Gasteiger partial charge in [0.2, 0.25) is 0 Å². The van der Waals surface area contributed by atoms with Crippen molar-refractivity contribution in [3.63, 3.8) is 0 Å². The molecule has 2 unspecified atom stereocenters. The van der Waals surface area contributed by atoms with Crippen LogP contribution in [-0.4, -0.2) is 53.4 Å². The molecule has 4 rings (SSSR count). The first-order valence-corrected chi connectivity index (χ1v) is 8.69. The largest absolute Gasteiger partial charge is 0.373 e. The Labute approximate surface area is 142 Å². The van der Waals surface area contributed by atoms with Crippen molar-refractivity contribution in [2.45, 2.75) is 38.5 Å². The number of benzene rings is 1. The molecule has 1 aromatic heterocycles. The highest BCUT2D eigenvalue weighted by atomic mass is 16.5. The monoisotopic (exact) mass is 328 g/mol. The molecule has 2 aliphatic heterocycles. The molecular weight excluding hydrogens is 304 g/mol. The van der Waals surface area contributed by atoms with E-state index in [9.17, 15) is 0 Å². The molecule has 6 heteroatoms. The van der Waals surface area contributed by atoms with E-state index in [0.29, 0.717) is 12.1 Å². The summed E-state index contributed by atoms with van der Waals surface area (Å²) >= 11 is 0. The molecule has 3 heterocycles. The minimum Gasteiger partial charge on any atom is -0.373 e. The average molecular weight is 328 g/mol. The van der Waals surface area contributed by atoms with Crippen molar-refractivity contribution >= 4 is 6.01 Å². The molecule has 2 aliphatic rings. The second-order valence-corrected chi connectivity index (χ2v) is 6.93. The number of fused-ring (bicyclic) bond motifs is 1. The van der Waals surface area contributed by atoms with Gasteiger partial charge in [-0.05, 0) is 5.56 Å². The Balaban J connectivity index is 1.47. The van der Waals surface area contributed by atoms with Gasteiger partial charge in [0.25, 0.3) is 0 Å². The van der Waals surface area contributed by atoms with Crippen molar-refractivity contribution in [2.24, 2.45) is 0 Å². The third-order valence-corrected chi connectivity index (χ3v) is 4.86. The molecule has 0 bridgehead atoms. The first-order chi connectivity index (χ1) is 11.7. The molecule has 6 nitrogen and oxygen atoms in total. The van der Waals surface area contributed by atoms with Gasteiger partial charge in [0.1, 0.15) is 0 Å². The number of hydrogen-bond donors (Lipinski definition) is 0. The molecule has 0 aliphatic carbocycles. The number of hydrogen-bond acceptors (Lipinski definition) is 6. The van der Waals surface area contributed by atoms with Crippen molar-refractivity contribution in [2.75, 3.05) is 31.1 Å². The van der Waals surface area contributed by atoms with Gasteiger partial charge in [0, 0.05) is 25.6 Å². The molecule has 1 aromatic carbocycles. The van der Waals surface area contributed by atoms with Gasteiger partial charge in [-0.3, -0.25) is 4.90 Å². The highest BCUT2D eigenvalue weighted by molar-refractivity contribution is 5.30. The van der Waals surface area contributed by atoms with Crippen LogP contribution in [-0.2, 0) is 11.3 Å². The molecule has 2 aromatic rings. The molecule has 128 valence electrons. The molecule has 0 radical (unpaired) electrons. The Morgan fingerprint density at radius 2 is 2.04 bits per heavy atom. The fraction of sp³-hybridized carbons (Fsp3) is 0.556. The number of aromatic nitrogens is 2. The summed E-state index contributed by atoms with van der Waals surface area (Å²) in [5.74, 6) is 1.04. The zero-order valence-electron chi connectivity index (χ0n) is 14.3. The summed E-state index contributed by atoms with van der Waals surface area (Å²) in [6.45, 7) is 8.54. The third-order valence-electron chi connectivity index (χ3n) is 4.86. The van der Waals surface area contributed by atoms with Crippen molar-refractivity contribution in [3.8, 4) is 0 Å². The Kier molecular flexibility index (Phi) is 4.24. The van der Waals surface area contributed by atoms with Gasteiger partial charge < -0.3 is 14.2 Å². The van der Waals surface area contributed by atoms with Gasteiger partial charge in [-0.1, -0.05) is 49.3 Å². The molecule has 2 atom stereocenters. The Morgan fingerprint density at radius 3 is 2.79 bits per heavy atom. The van der Waals surface area contributed by atoms with Crippen LogP contribution in [0, 0.1) is 0 Å². The van der Waals surface area contributed by atoms with Gasteiger partial charge in [-0.2, -0.15) is 4.98 Å². The van der Waals surface area contributed by atoms with E-state index in [2.05, 4.69) is 64.1 Å². The van der Waals surface area contributed by atoms with Crippen LogP contribution in [0.15, 0.2) is 34.9 Å². The standard InChI is InChI=1S/C18H24N4O2/c1-13(2)17-19-18(24-20-17)22-11-15-16(12-22)23-9-8-21(15)10-14-6-4-3-5-7-14/h3-7,13,15-16H,8-12H2,1-2H3. The maximum atomic E-state index is 6.00. The predicted molar refractivity (Wildman–Crippen MR) is 91.0 cm³/mol. The van der Waals surface area contributed by atoms with Crippen molar-refractivity contribution in [1.82, 2.24) is 15.0 Å². The third kappa shape index (κ3) is 3.03. The Morgan fingerprint density at radius 1 is 1.21 bits per heavy atom. The average Bonchev–Trinajstić information content (AvgIpc) is 3.23. The van der Waals surface area contributed by atoms with E-state index in [1.807, 2.05) is 0 Å². The number of nitrogens with zero attached hydrogens (tertiary/aromatic N) is 4. The van der Waals surface area contributed by atoms with Gasteiger partial charge in [-0.15, -0.1) is 0 Å². The fourth-order valence-corrected chi connectivity index (χ4v) is 3.52. The van der Waals surface area contributed by atoms with E-state index in [1.54, 1.807) is 0 Å². The van der Waals surface area contributed by atoms with Gasteiger partial charge >= 0.3 is 6.01 Å². The van der Waals surface area contributed by atoms with Crippen LogP contribution in [0.5, 0.6) is 0 Å². The van der Waals surface area contributed by atoms with Crippen LogP contribution in [0.4, 0.5) is 6.01 Å². The molecule has 0 N–H and O–H groups in total. The number of morpholine rings is 1. The van der Waals surface area contributed by atoms with E-state index < -0.39 is 0 Å². The molecule has 2 saturated heterocycles. The summed E-state index contributed by atoms with van der Waals surface area (Å²) < 4.78 is 11.5. The molecule has 0 spiro atoms. The van der Waals surface area contributed by atoms with Crippen LogP contribution < -0.4 is 4.90 Å². The highest BCUT2D eigenvalue weighted by Crippen LogP contribution is 2.28. The lowest BCUT2D eigenvalue weighted by Gasteiger charge is -2.36. The van der Waals surface area contributed by atoms with Crippen LogP contribution in [0.25, 0.3) is 0 Å². The zero-order chi connectivity index (χ0) is 16.5. The number of rotatable bonds is 4. The van der Waals surface area contributed by atoms with Crippen LogP contribution >= 0.6 is 0 Å². The fourth-order valence-electron chi connectivity index (χ4n) is 3.52. The SMILES string of the molecule is CC(C)c1noc(N2CC3OCCN(Cc4ccccc4)C3C2)n1. The van der Waals surface area contributed by atoms with Crippen molar-refractivity contribution in [3.05, 3.63) is 41.7 Å². The molecule has 0 saturated carbocycles. The summed E-state index contributed by atoms with van der Waals surface area (Å²) in [6.07, 6.45) is 0.205. The Hall–Kier alpha value is -1.92. The van der Waals surface area contributed by atoms with Gasteiger partial charge in [0.15, 0.2) is 5.82 Å². The summed E-state index contributed by atoms with van der Waals surface area (Å²) in [6, 6.07) is 11.6. The first-order valence-electron chi connectivity index (χ1n) is 8.69. The van der Waals surface area contributed by atoms with Crippen molar-refractivity contribution in [1.29, 1.82) is 0 Å². The van der Waals surface area contributed by atoms with Crippen LogP contribution in [0.2, 0.25) is 0 Å². The number of anilines is 1. The second-order valence-electron chi connectivity index (χ2n) is 6.93. The quantitative estimate of drug-likeness (QED) is 0.858. The van der Waals surface area contributed by atoms with E-state index in [0.717, 1.165) is 38.6 Å². The van der Waals surface area contributed by atoms with Crippen LogP contribution in [0.1, 0.15) is 31.2 Å². The molecular formula is C18H24N4O2. The summed E-state index contributed by atoms with van der Waals surface area (Å²) in [5.41, 5.74) is 1.34. The smallest absolute Gasteiger partial charge is 0.324 e. The Bertz CT molecular complexity index is 673. The minimum absolute atomic E-state index is 0.205. The van der Waals surface area contributed by atoms with E-state index >= 15 is 0 Å². The van der Waals surface area contributed by atoms with E-state index in [4.69, 9.17) is 9.26 Å². The van der Waals surface area contributed by atoms with Gasteiger partial charge in [-0.25, -0.2) is 0 Å². The first kappa shape index (κ1) is 15.6. The molecule has 24 heavy (non-hydrogen) atoms. The second kappa shape index (κ2) is 6.53. The summed E-state index contributed by atoms with van der Waals surface area (Å²) in [5, 5.41) is 4.08. The van der Waals surface area contributed by atoms with E-state index in [1.165, 1.54) is 5.56 Å². The van der Waals surface area contributed by atoms with Gasteiger partial charge in [0.05, 0.1) is 25.3 Å². The maximum absolute atomic E-state index is 6.00. The lowest BCUT2D eigenvalue weighted by molar-refractivity contribution is -0.0499. The maximum Gasteiger partial charge on any atom is 0.324 e. The number of ether oxygens (including phenoxy) is 1. The summed E-state index contributed by atoms with van der Waals surface area (Å²) in [7, 11) is 0. The predicted octanol–water partition coefficient (Wildman–Crippen LogP) is 2.28. The molecule has 0 amide bonds.